The van der Waals surface area contributed by atoms with Gasteiger partial charge in [0, 0.05) is 30.1 Å². The first-order chi connectivity index (χ1) is 12.9. The number of benzene rings is 2. The summed E-state index contributed by atoms with van der Waals surface area (Å²) in [5, 5.41) is 0. The maximum atomic E-state index is 12.9. The molecular formula is C20H21N3O3S. The highest BCUT2D eigenvalue weighted by Crippen LogP contribution is 2.23. The molecule has 1 aliphatic rings. The second-order valence-corrected chi connectivity index (χ2v) is 9.22. The van der Waals surface area contributed by atoms with Crippen LogP contribution in [0.15, 0.2) is 54.9 Å². The zero-order valence-corrected chi connectivity index (χ0v) is 15.9. The lowest BCUT2D eigenvalue weighted by Crippen LogP contribution is -2.39. The molecular weight excluding hydrogens is 362 g/mol. The molecule has 6 nitrogen and oxygen atoms in total. The van der Waals surface area contributed by atoms with Gasteiger partial charge in [0.05, 0.1) is 16.8 Å². The topological polar surface area (TPSA) is 72.3 Å². The minimum absolute atomic E-state index is 0.0256. The van der Waals surface area contributed by atoms with E-state index < -0.39 is 9.84 Å². The standard InChI is InChI=1S/C20H21N3O3S/c1-27(25,26)13-17-5-4-12-22(17)20(24)15-8-10-16(11-9-15)23-14-21-18-6-2-3-7-19(18)23/h2-3,6-11,14,17H,4-5,12-13H2,1H3/t17-/m1/s1. The molecule has 0 aliphatic carbocycles. The van der Waals surface area contributed by atoms with Gasteiger partial charge in [-0.15, -0.1) is 0 Å². The van der Waals surface area contributed by atoms with Crippen LogP contribution in [0, 0.1) is 0 Å². The molecule has 1 fully saturated rings. The van der Waals surface area contributed by atoms with Crippen molar-refractivity contribution in [3.8, 4) is 5.69 Å². The van der Waals surface area contributed by atoms with E-state index in [0.29, 0.717) is 12.1 Å². The molecule has 1 amide bonds. The number of likely N-dealkylation sites (tertiary alicyclic amines) is 1. The van der Waals surface area contributed by atoms with E-state index in [-0.39, 0.29) is 17.7 Å². The van der Waals surface area contributed by atoms with E-state index in [4.69, 9.17) is 0 Å². The summed E-state index contributed by atoms with van der Waals surface area (Å²) in [6, 6.07) is 15.0. The summed E-state index contributed by atoms with van der Waals surface area (Å²) < 4.78 is 25.2. The summed E-state index contributed by atoms with van der Waals surface area (Å²) in [5.74, 6) is -0.0825. The van der Waals surface area contributed by atoms with Gasteiger partial charge in [-0.25, -0.2) is 13.4 Å². The SMILES string of the molecule is CS(=O)(=O)C[C@H]1CCCN1C(=O)c1ccc(-n2cnc3ccccc32)cc1. The smallest absolute Gasteiger partial charge is 0.254 e. The Morgan fingerprint density at radius 2 is 1.89 bits per heavy atom. The number of amides is 1. The van der Waals surface area contributed by atoms with Crippen molar-refractivity contribution in [2.45, 2.75) is 18.9 Å². The van der Waals surface area contributed by atoms with Crippen molar-refractivity contribution in [3.05, 3.63) is 60.4 Å². The van der Waals surface area contributed by atoms with Crippen LogP contribution in [0.3, 0.4) is 0 Å². The summed E-state index contributed by atoms with van der Waals surface area (Å²) in [5.41, 5.74) is 3.42. The number of para-hydroxylation sites is 2. The summed E-state index contributed by atoms with van der Waals surface area (Å²) in [6.07, 6.45) is 4.56. The molecule has 140 valence electrons. The highest BCUT2D eigenvalue weighted by molar-refractivity contribution is 7.90. The zero-order valence-electron chi connectivity index (χ0n) is 15.1. The van der Waals surface area contributed by atoms with Crippen LogP contribution >= 0.6 is 0 Å². The number of rotatable bonds is 4. The lowest BCUT2D eigenvalue weighted by Gasteiger charge is -2.24. The number of nitrogens with zero attached hydrogens (tertiary/aromatic N) is 3. The van der Waals surface area contributed by atoms with Crippen molar-refractivity contribution in [1.82, 2.24) is 14.5 Å². The minimum atomic E-state index is -3.12. The van der Waals surface area contributed by atoms with Gasteiger partial charge < -0.3 is 4.90 Å². The molecule has 27 heavy (non-hydrogen) atoms. The second kappa shape index (κ2) is 6.81. The number of carbonyl (C=O) groups is 1. The average Bonchev–Trinajstić information content (AvgIpc) is 3.27. The Balaban J connectivity index is 1.58. The van der Waals surface area contributed by atoms with Gasteiger partial charge in [0.15, 0.2) is 0 Å². The lowest BCUT2D eigenvalue weighted by molar-refractivity contribution is 0.0749. The quantitative estimate of drug-likeness (QED) is 0.694. The number of sulfone groups is 1. The van der Waals surface area contributed by atoms with Gasteiger partial charge in [0.2, 0.25) is 0 Å². The van der Waals surface area contributed by atoms with Crippen LogP contribution in [-0.2, 0) is 9.84 Å². The van der Waals surface area contributed by atoms with Crippen molar-refractivity contribution < 1.29 is 13.2 Å². The molecule has 7 heteroatoms. The second-order valence-electron chi connectivity index (χ2n) is 7.04. The van der Waals surface area contributed by atoms with Crippen LogP contribution in [0.5, 0.6) is 0 Å². The fraction of sp³-hybridized carbons (Fsp3) is 0.300. The normalized spacial score (nSPS) is 17.5. The zero-order chi connectivity index (χ0) is 19.0. The summed E-state index contributed by atoms with van der Waals surface area (Å²) in [4.78, 5) is 19.0. The molecule has 1 atom stereocenters. The lowest BCUT2D eigenvalue weighted by atomic mass is 10.1. The van der Waals surface area contributed by atoms with E-state index in [2.05, 4.69) is 4.98 Å². The molecule has 2 heterocycles. The van der Waals surface area contributed by atoms with Gasteiger partial charge in [-0.05, 0) is 49.2 Å². The third kappa shape index (κ3) is 3.60. The van der Waals surface area contributed by atoms with Crippen molar-refractivity contribution >= 4 is 26.8 Å². The maximum absolute atomic E-state index is 12.9. The Labute approximate surface area is 158 Å². The largest absolute Gasteiger partial charge is 0.335 e. The van der Waals surface area contributed by atoms with Crippen molar-refractivity contribution in [2.75, 3.05) is 18.6 Å². The molecule has 0 bridgehead atoms. The molecule has 4 rings (SSSR count). The van der Waals surface area contributed by atoms with Crippen molar-refractivity contribution in [3.63, 3.8) is 0 Å². The first kappa shape index (κ1) is 17.7. The predicted molar refractivity (Wildman–Crippen MR) is 105 cm³/mol. The van der Waals surface area contributed by atoms with E-state index >= 15 is 0 Å². The first-order valence-corrected chi connectivity index (χ1v) is 11.0. The van der Waals surface area contributed by atoms with E-state index in [1.165, 1.54) is 6.26 Å². The van der Waals surface area contributed by atoms with Gasteiger partial charge in [-0.1, -0.05) is 12.1 Å². The molecule has 3 aromatic rings. The first-order valence-electron chi connectivity index (χ1n) is 8.93. The van der Waals surface area contributed by atoms with E-state index in [1.807, 2.05) is 41.0 Å². The fourth-order valence-corrected chi connectivity index (χ4v) is 4.77. The van der Waals surface area contributed by atoms with Crippen molar-refractivity contribution in [2.24, 2.45) is 0 Å². The Hall–Kier alpha value is -2.67. The summed E-state index contributed by atoms with van der Waals surface area (Å²) in [7, 11) is -3.12. The van der Waals surface area contributed by atoms with Crippen LogP contribution < -0.4 is 0 Å². The molecule has 0 unspecified atom stereocenters. The number of fused-ring (bicyclic) bond motifs is 1. The Morgan fingerprint density at radius 1 is 1.15 bits per heavy atom. The van der Waals surface area contributed by atoms with Gasteiger partial charge in [-0.2, -0.15) is 0 Å². The Morgan fingerprint density at radius 3 is 2.63 bits per heavy atom. The monoisotopic (exact) mass is 383 g/mol. The Bertz CT molecular complexity index is 1090. The molecule has 0 radical (unpaired) electrons. The number of hydrogen-bond donors (Lipinski definition) is 0. The summed E-state index contributed by atoms with van der Waals surface area (Å²) >= 11 is 0. The van der Waals surface area contributed by atoms with Gasteiger partial charge in [-0.3, -0.25) is 9.36 Å². The minimum Gasteiger partial charge on any atom is -0.335 e. The molecule has 0 N–H and O–H groups in total. The maximum Gasteiger partial charge on any atom is 0.254 e. The molecule has 1 aromatic heterocycles. The molecule has 0 saturated carbocycles. The highest BCUT2D eigenvalue weighted by Gasteiger charge is 2.31. The molecule has 1 saturated heterocycles. The third-order valence-electron chi connectivity index (χ3n) is 4.98. The highest BCUT2D eigenvalue weighted by atomic mass is 32.2. The van der Waals surface area contributed by atoms with Gasteiger partial charge >= 0.3 is 0 Å². The molecule has 1 aliphatic heterocycles. The van der Waals surface area contributed by atoms with Crippen LogP contribution in [0.1, 0.15) is 23.2 Å². The van der Waals surface area contributed by atoms with E-state index in [0.717, 1.165) is 29.6 Å². The fourth-order valence-electron chi connectivity index (χ4n) is 3.72. The number of aromatic nitrogens is 2. The number of imidazole rings is 1. The Kier molecular flexibility index (Phi) is 4.47. The van der Waals surface area contributed by atoms with Crippen LogP contribution in [0.2, 0.25) is 0 Å². The van der Waals surface area contributed by atoms with Crippen LogP contribution in [0.25, 0.3) is 16.7 Å². The van der Waals surface area contributed by atoms with E-state index in [1.54, 1.807) is 23.4 Å². The van der Waals surface area contributed by atoms with Crippen LogP contribution in [0.4, 0.5) is 0 Å². The van der Waals surface area contributed by atoms with Crippen LogP contribution in [-0.4, -0.2) is 53.4 Å². The number of hydrogen-bond acceptors (Lipinski definition) is 4. The average molecular weight is 383 g/mol. The van der Waals surface area contributed by atoms with Crippen molar-refractivity contribution in [1.29, 1.82) is 0 Å². The van der Waals surface area contributed by atoms with Gasteiger partial charge in [0.25, 0.3) is 5.91 Å². The predicted octanol–water partition coefficient (Wildman–Crippen LogP) is 2.67. The number of carbonyl (C=O) groups excluding carboxylic acids is 1. The molecule has 0 spiro atoms. The molecule has 2 aromatic carbocycles. The van der Waals surface area contributed by atoms with E-state index in [9.17, 15) is 13.2 Å². The summed E-state index contributed by atoms with van der Waals surface area (Å²) in [6.45, 7) is 0.604. The van der Waals surface area contributed by atoms with Gasteiger partial charge in [0.1, 0.15) is 16.2 Å². The third-order valence-corrected chi connectivity index (χ3v) is 5.97.